The molecule has 0 aromatic heterocycles. The Morgan fingerprint density at radius 1 is 1.20 bits per heavy atom. The fraction of sp³-hybridized carbons (Fsp3) is 0.176. The molecular formula is C17H14ClN3O4. The Morgan fingerprint density at radius 3 is 2.52 bits per heavy atom. The summed E-state index contributed by atoms with van der Waals surface area (Å²) in [5.41, 5.74) is 1.56. The smallest absolute Gasteiger partial charge is 0.271 e. The molecule has 2 aromatic carbocycles. The number of carbonyl (C=O) groups is 2. The highest BCUT2D eigenvalue weighted by molar-refractivity contribution is 6.30. The van der Waals surface area contributed by atoms with Crippen LogP contribution in [0.25, 0.3) is 0 Å². The second-order valence-corrected chi connectivity index (χ2v) is 6.14. The molecule has 1 N–H and O–H groups in total. The second-order valence-electron chi connectivity index (χ2n) is 5.70. The van der Waals surface area contributed by atoms with E-state index in [0.29, 0.717) is 16.4 Å². The number of imide groups is 1. The van der Waals surface area contributed by atoms with Gasteiger partial charge in [0.15, 0.2) is 0 Å². The Bertz CT molecular complexity index is 867. The highest BCUT2D eigenvalue weighted by atomic mass is 35.5. The van der Waals surface area contributed by atoms with Gasteiger partial charge in [-0.3, -0.25) is 19.7 Å². The predicted octanol–water partition coefficient (Wildman–Crippen LogP) is 3.30. The number of nitro groups is 1. The van der Waals surface area contributed by atoms with Gasteiger partial charge in [0.1, 0.15) is 6.04 Å². The average molecular weight is 360 g/mol. The van der Waals surface area contributed by atoms with Crippen LogP contribution in [0, 0.1) is 17.0 Å². The molecule has 1 aliphatic rings. The number of hydrogen-bond acceptors (Lipinski definition) is 5. The Morgan fingerprint density at radius 2 is 1.88 bits per heavy atom. The molecule has 1 fully saturated rings. The van der Waals surface area contributed by atoms with Gasteiger partial charge in [-0.25, -0.2) is 4.90 Å². The zero-order valence-corrected chi connectivity index (χ0v) is 14.0. The van der Waals surface area contributed by atoms with Crippen LogP contribution in [-0.4, -0.2) is 22.8 Å². The maximum Gasteiger partial charge on any atom is 0.271 e. The summed E-state index contributed by atoms with van der Waals surface area (Å²) in [6, 6.07) is 9.96. The molecule has 0 unspecified atom stereocenters. The van der Waals surface area contributed by atoms with Gasteiger partial charge in [-0.15, -0.1) is 0 Å². The summed E-state index contributed by atoms with van der Waals surface area (Å²) in [4.78, 5) is 36.4. The number of carbonyl (C=O) groups excluding carboxylic acids is 2. The van der Waals surface area contributed by atoms with Gasteiger partial charge in [-0.2, -0.15) is 0 Å². The van der Waals surface area contributed by atoms with Gasteiger partial charge in [0.05, 0.1) is 17.0 Å². The van der Waals surface area contributed by atoms with Crippen LogP contribution in [0.4, 0.5) is 17.1 Å². The molecule has 1 atom stereocenters. The number of rotatable bonds is 4. The zero-order valence-electron chi connectivity index (χ0n) is 13.2. The van der Waals surface area contributed by atoms with E-state index in [1.807, 2.05) is 0 Å². The number of amides is 2. The largest absolute Gasteiger partial charge is 0.373 e. The molecule has 8 heteroatoms. The van der Waals surface area contributed by atoms with Crippen LogP contribution in [0.15, 0.2) is 42.5 Å². The van der Waals surface area contributed by atoms with Crippen LogP contribution in [0.5, 0.6) is 0 Å². The topological polar surface area (TPSA) is 92.6 Å². The summed E-state index contributed by atoms with van der Waals surface area (Å²) < 4.78 is 0. The van der Waals surface area contributed by atoms with Crippen molar-refractivity contribution >= 4 is 40.5 Å². The lowest BCUT2D eigenvalue weighted by Crippen LogP contribution is -2.34. The molecule has 1 heterocycles. The molecule has 25 heavy (non-hydrogen) atoms. The molecule has 0 bridgehead atoms. The maximum absolute atomic E-state index is 12.6. The van der Waals surface area contributed by atoms with E-state index in [-0.39, 0.29) is 18.0 Å². The Labute approximate surface area is 148 Å². The minimum atomic E-state index is -0.774. The van der Waals surface area contributed by atoms with Crippen molar-refractivity contribution in [3.63, 3.8) is 0 Å². The summed E-state index contributed by atoms with van der Waals surface area (Å²) in [6.07, 6.45) is -0.0242. The van der Waals surface area contributed by atoms with E-state index in [2.05, 4.69) is 5.32 Å². The molecule has 3 rings (SSSR count). The van der Waals surface area contributed by atoms with Gasteiger partial charge < -0.3 is 5.32 Å². The van der Waals surface area contributed by atoms with Crippen LogP contribution in [0.3, 0.4) is 0 Å². The molecule has 0 saturated carbocycles. The first-order valence-electron chi connectivity index (χ1n) is 7.51. The number of nitro benzene ring substituents is 1. The SMILES string of the molecule is Cc1ccc([N+](=O)[O-])cc1N[C@@H]1CC(=O)N(c2ccc(Cl)cc2)C1=O. The number of aryl methyl sites for hydroxylation is 1. The quantitative estimate of drug-likeness (QED) is 0.513. The number of anilines is 2. The van der Waals surface area contributed by atoms with Crippen molar-refractivity contribution in [2.24, 2.45) is 0 Å². The molecule has 2 aromatic rings. The van der Waals surface area contributed by atoms with Gasteiger partial charge in [0.25, 0.3) is 11.6 Å². The Hall–Kier alpha value is -2.93. The predicted molar refractivity (Wildman–Crippen MR) is 93.8 cm³/mol. The number of nitrogens with one attached hydrogen (secondary N) is 1. The number of hydrogen-bond donors (Lipinski definition) is 1. The minimum Gasteiger partial charge on any atom is -0.373 e. The lowest BCUT2D eigenvalue weighted by molar-refractivity contribution is -0.384. The normalized spacial score (nSPS) is 17.0. The molecule has 0 radical (unpaired) electrons. The average Bonchev–Trinajstić information content (AvgIpc) is 2.84. The van der Waals surface area contributed by atoms with Gasteiger partial charge in [0, 0.05) is 22.8 Å². The Kier molecular flexibility index (Phi) is 4.41. The number of non-ortho nitro benzene ring substituents is 1. The first-order valence-corrected chi connectivity index (χ1v) is 7.88. The molecule has 1 aliphatic heterocycles. The van der Waals surface area contributed by atoms with Crippen molar-refractivity contribution in [2.45, 2.75) is 19.4 Å². The van der Waals surface area contributed by atoms with Crippen LogP contribution < -0.4 is 10.2 Å². The molecule has 2 amide bonds. The zero-order chi connectivity index (χ0) is 18.1. The number of benzene rings is 2. The van der Waals surface area contributed by atoms with Crippen molar-refractivity contribution in [3.05, 3.63) is 63.2 Å². The van der Waals surface area contributed by atoms with Crippen LogP contribution >= 0.6 is 11.6 Å². The molecule has 128 valence electrons. The van der Waals surface area contributed by atoms with Gasteiger partial charge >= 0.3 is 0 Å². The van der Waals surface area contributed by atoms with E-state index >= 15 is 0 Å². The Balaban J connectivity index is 1.84. The number of halogens is 1. The fourth-order valence-electron chi connectivity index (χ4n) is 2.67. The van der Waals surface area contributed by atoms with E-state index in [9.17, 15) is 19.7 Å². The fourth-order valence-corrected chi connectivity index (χ4v) is 2.80. The van der Waals surface area contributed by atoms with Gasteiger partial charge in [0.2, 0.25) is 5.91 Å². The van der Waals surface area contributed by atoms with Crippen LogP contribution in [0.2, 0.25) is 5.02 Å². The van der Waals surface area contributed by atoms with Crippen molar-refractivity contribution < 1.29 is 14.5 Å². The third kappa shape index (κ3) is 3.32. The van der Waals surface area contributed by atoms with E-state index in [0.717, 1.165) is 10.5 Å². The summed E-state index contributed by atoms with van der Waals surface area (Å²) in [6.45, 7) is 1.77. The summed E-state index contributed by atoms with van der Waals surface area (Å²) in [7, 11) is 0. The van der Waals surface area contributed by atoms with Crippen molar-refractivity contribution in [1.29, 1.82) is 0 Å². The standard InChI is InChI=1S/C17H14ClN3O4/c1-10-2-5-13(21(24)25)8-14(10)19-15-9-16(22)20(17(15)23)12-6-3-11(18)4-7-12/h2-8,15,19H,9H2,1H3/t15-/m1/s1. The van der Waals surface area contributed by atoms with Gasteiger partial charge in [-0.1, -0.05) is 17.7 Å². The first kappa shape index (κ1) is 16.9. The van der Waals surface area contributed by atoms with E-state index < -0.39 is 16.9 Å². The maximum atomic E-state index is 12.6. The van der Waals surface area contributed by atoms with E-state index in [1.165, 1.54) is 12.1 Å². The lowest BCUT2D eigenvalue weighted by Gasteiger charge is -2.17. The minimum absolute atomic E-state index is 0.0242. The van der Waals surface area contributed by atoms with E-state index in [1.54, 1.807) is 37.3 Å². The first-order chi connectivity index (χ1) is 11.9. The number of nitrogens with zero attached hydrogens (tertiary/aromatic N) is 2. The molecule has 1 saturated heterocycles. The highest BCUT2D eigenvalue weighted by Crippen LogP contribution is 2.28. The second kappa shape index (κ2) is 6.52. The summed E-state index contributed by atoms with van der Waals surface area (Å²) >= 11 is 5.83. The summed E-state index contributed by atoms with van der Waals surface area (Å²) in [5, 5.41) is 14.4. The van der Waals surface area contributed by atoms with Gasteiger partial charge in [-0.05, 0) is 36.8 Å². The summed E-state index contributed by atoms with van der Waals surface area (Å²) in [5.74, 6) is -0.744. The van der Waals surface area contributed by atoms with Crippen molar-refractivity contribution in [2.75, 3.05) is 10.2 Å². The van der Waals surface area contributed by atoms with E-state index in [4.69, 9.17) is 11.6 Å². The third-order valence-electron chi connectivity index (χ3n) is 3.99. The monoisotopic (exact) mass is 359 g/mol. The third-order valence-corrected chi connectivity index (χ3v) is 4.25. The molecular weight excluding hydrogens is 346 g/mol. The molecule has 0 spiro atoms. The lowest BCUT2D eigenvalue weighted by atomic mass is 10.1. The van der Waals surface area contributed by atoms with Crippen LogP contribution in [0.1, 0.15) is 12.0 Å². The molecule has 0 aliphatic carbocycles. The van der Waals surface area contributed by atoms with Crippen molar-refractivity contribution in [3.8, 4) is 0 Å². The van der Waals surface area contributed by atoms with Crippen LogP contribution in [-0.2, 0) is 9.59 Å². The highest BCUT2D eigenvalue weighted by Gasteiger charge is 2.39. The molecule has 7 nitrogen and oxygen atoms in total. The van der Waals surface area contributed by atoms with Crippen molar-refractivity contribution in [1.82, 2.24) is 0 Å².